The van der Waals surface area contributed by atoms with Gasteiger partial charge in [0.05, 0.1) is 6.61 Å². The standard InChI is InChI=1S/C26H41N3O5/c1-5-6-17-29(24(32)21(18-30)28-25(33)34-26(2,3)4)22(19-13-9-7-10-14-19)23(31)27-20-15-11-8-12-16-20/h7,9-10,13-14,20-22,30H,5-6,8,11-12,15-18H2,1-4H3,(H,27,31)(H,28,33). The van der Waals surface area contributed by atoms with E-state index >= 15 is 0 Å². The highest BCUT2D eigenvalue weighted by Crippen LogP contribution is 2.25. The second-order valence-electron chi connectivity index (χ2n) is 9.92. The van der Waals surface area contributed by atoms with Crippen LogP contribution in [0.25, 0.3) is 0 Å². The summed E-state index contributed by atoms with van der Waals surface area (Å²) < 4.78 is 5.26. The van der Waals surface area contributed by atoms with Crippen molar-refractivity contribution in [3.63, 3.8) is 0 Å². The summed E-state index contributed by atoms with van der Waals surface area (Å²) in [6.45, 7) is 6.88. The van der Waals surface area contributed by atoms with Gasteiger partial charge in [0.2, 0.25) is 11.8 Å². The minimum atomic E-state index is -1.22. The Hall–Kier alpha value is -2.61. The van der Waals surface area contributed by atoms with Crippen LogP contribution in [0.4, 0.5) is 4.79 Å². The van der Waals surface area contributed by atoms with Crippen molar-refractivity contribution >= 4 is 17.9 Å². The molecule has 190 valence electrons. The van der Waals surface area contributed by atoms with Crippen LogP contribution >= 0.6 is 0 Å². The van der Waals surface area contributed by atoms with Crippen molar-refractivity contribution in [3.05, 3.63) is 35.9 Å². The van der Waals surface area contributed by atoms with Crippen molar-refractivity contribution in [2.24, 2.45) is 0 Å². The number of amides is 3. The molecule has 1 aliphatic carbocycles. The Morgan fingerprint density at radius 1 is 1.12 bits per heavy atom. The van der Waals surface area contributed by atoms with Crippen LogP contribution in [-0.2, 0) is 14.3 Å². The van der Waals surface area contributed by atoms with Crippen LogP contribution in [0.2, 0.25) is 0 Å². The van der Waals surface area contributed by atoms with Gasteiger partial charge < -0.3 is 25.4 Å². The fraction of sp³-hybridized carbons (Fsp3) is 0.654. The summed E-state index contributed by atoms with van der Waals surface area (Å²) in [4.78, 5) is 41.0. The van der Waals surface area contributed by atoms with Gasteiger partial charge in [0.25, 0.3) is 0 Å². The van der Waals surface area contributed by atoms with E-state index in [1.54, 1.807) is 20.8 Å². The smallest absolute Gasteiger partial charge is 0.408 e. The molecule has 2 atom stereocenters. The molecule has 0 bridgehead atoms. The zero-order valence-corrected chi connectivity index (χ0v) is 21.0. The number of carbonyl (C=O) groups is 3. The topological polar surface area (TPSA) is 108 Å². The highest BCUT2D eigenvalue weighted by Gasteiger charge is 2.36. The van der Waals surface area contributed by atoms with E-state index in [9.17, 15) is 19.5 Å². The Kier molecular flexibility index (Phi) is 10.8. The molecule has 0 heterocycles. The molecule has 0 radical (unpaired) electrons. The number of rotatable bonds is 10. The van der Waals surface area contributed by atoms with Crippen LogP contribution in [-0.4, -0.2) is 58.8 Å². The fourth-order valence-corrected chi connectivity index (χ4v) is 4.17. The van der Waals surface area contributed by atoms with E-state index in [-0.39, 0.29) is 11.9 Å². The van der Waals surface area contributed by atoms with Crippen molar-refractivity contribution < 1.29 is 24.2 Å². The van der Waals surface area contributed by atoms with E-state index in [4.69, 9.17) is 4.74 Å². The molecule has 0 saturated heterocycles. The Morgan fingerprint density at radius 2 is 1.76 bits per heavy atom. The number of aliphatic hydroxyl groups excluding tert-OH is 1. The van der Waals surface area contributed by atoms with Crippen molar-refractivity contribution in [1.29, 1.82) is 0 Å². The van der Waals surface area contributed by atoms with Gasteiger partial charge >= 0.3 is 6.09 Å². The minimum absolute atomic E-state index is 0.0871. The van der Waals surface area contributed by atoms with Gasteiger partial charge in [-0.2, -0.15) is 0 Å². The first kappa shape index (κ1) is 27.6. The normalized spacial score (nSPS) is 16.3. The van der Waals surface area contributed by atoms with E-state index in [0.29, 0.717) is 18.5 Å². The number of ether oxygens (including phenoxy) is 1. The number of nitrogens with one attached hydrogen (secondary N) is 2. The van der Waals surface area contributed by atoms with Gasteiger partial charge in [0.1, 0.15) is 17.7 Å². The fourth-order valence-electron chi connectivity index (χ4n) is 4.17. The van der Waals surface area contributed by atoms with E-state index in [0.717, 1.165) is 32.1 Å². The molecule has 8 heteroatoms. The predicted octanol–water partition coefficient (Wildman–Crippen LogP) is 3.69. The Morgan fingerprint density at radius 3 is 2.32 bits per heavy atom. The minimum Gasteiger partial charge on any atom is -0.444 e. The zero-order chi connectivity index (χ0) is 25.1. The van der Waals surface area contributed by atoms with Crippen LogP contribution in [0.1, 0.15) is 84.2 Å². The van der Waals surface area contributed by atoms with Crippen LogP contribution < -0.4 is 10.6 Å². The SMILES string of the molecule is CCCCN(C(=O)C(CO)NC(=O)OC(C)(C)C)C(C(=O)NC1CCCCC1)c1ccccc1. The lowest BCUT2D eigenvalue weighted by molar-refractivity contribution is -0.143. The summed E-state index contributed by atoms with van der Waals surface area (Å²) in [5.74, 6) is -0.758. The lowest BCUT2D eigenvalue weighted by Crippen LogP contribution is -2.55. The molecule has 1 saturated carbocycles. The summed E-state index contributed by atoms with van der Waals surface area (Å²) in [6.07, 6.45) is 5.88. The molecule has 8 nitrogen and oxygen atoms in total. The maximum Gasteiger partial charge on any atom is 0.408 e. The third-order valence-corrected chi connectivity index (χ3v) is 5.83. The maximum absolute atomic E-state index is 13.6. The summed E-state index contributed by atoms with van der Waals surface area (Å²) in [5, 5.41) is 15.6. The summed E-state index contributed by atoms with van der Waals surface area (Å²) in [7, 11) is 0. The Balaban J connectivity index is 2.32. The average molecular weight is 476 g/mol. The molecule has 0 aliphatic heterocycles. The van der Waals surface area contributed by atoms with Crippen LogP contribution in [0.15, 0.2) is 30.3 Å². The number of unbranched alkanes of at least 4 members (excludes halogenated alkanes) is 1. The monoisotopic (exact) mass is 475 g/mol. The molecule has 1 aromatic rings. The molecule has 3 N–H and O–H groups in total. The number of hydrogen-bond donors (Lipinski definition) is 3. The summed E-state index contributed by atoms with van der Waals surface area (Å²) in [6, 6.07) is 7.18. The second-order valence-corrected chi connectivity index (χ2v) is 9.92. The van der Waals surface area contributed by atoms with Gasteiger partial charge in [-0.1, -0.05) is 62.9 Å². The molecule has 2 rings (SSSR count). The molecular weight excluding hydrogens is 434 g/mol. The van der Waals surface area contributed by atoms with Gasteiger partial charge in [0.15, 0.2) is 0 Å². The van der Waals surface area contributed by atoms with Crippen LogP contribution in [0.3, 0.4) is 0 Å². The number of aliphatic hydroxyl groups is 1. The highest BCUT2D eigenvalue weighted by molar-refractivity contribution is 5.92. The third kappa shape index (κ3) is 8.63. The van der Waals surface area contributed by atoms with Crippen molar-refractivity contribution in [2.75, 3.05) is 13.2 Å². The van der Waals surface area contributed by atoms with Gasteiger partial charge in [-0.25, -0.2) is 4.79 Å². The van der Waals surface area contributed by atoms with Crippen molar-refractivity contribution in [2.45, 2.75) is 96.4 Å². The number of nitrogens with zero attached hydrogens (tertiary/aromatic N) is 1. The molecule has 2 unspecified atom stereocenters. The molecule has 34 heavy (non-hydrogen) atoms. The van der Waals surface area contributed by atoms with Gasteiger partial charge in [0, 0.05) is 12.6 Å². The van der Waals surface area contributed by atoms with Gasteiger partial charge in [-0.15, -0.1) is 0 Å². The summed E-state index contributed by atoms with van der Waals surface area (Å²) in [5.41, 5.74) is -0.0594. The van der Waals surface area contributed by atoms with E-state index in [1.807, 2.05) is 37.3 Å². The molecule has 0 spiro atoms. The van der Waals surface area contributed by atoms with E-state index in [1.165, 1.54) is 11.3 Å². The number of alkyl carbamates (subject to hydrolysis) is 1. The number of benzene rings is 1. The average Bonchev–Trinajstić information content (AvgIpc) is 2.79. The largest absolute Gasteiger partial charge is 0.444 e. The van der Waals surface area contributed by atoms with E-state index < -0.39 is 36.3 Å². The first-order valence-corrected chi connectivity index (χ1v) is 12.4. The zero-order valence-electron chi connectivity index (χ0n) is 21.0. The molecule has 3 amide bonds. The van der Waals surface area contributed by atoms with Crippen molar-refractivity contribution in [1.82, 2.24) is 15.5 Å². The van der Waals surface area contributed by atoms with Crippen LogP contribution in [0.5, 0.6) is 0 Å². The number of carbonyl (C=O) groups excluding carboxylic acids is 3. The van der Waals surface area contributed by atoms with Gasteiger partial charge in [-0.05, 0) is 45.6 Å². The quantitative estimate of drug-likeness (QED) is 0.478. The van der Waals surface area contributed by atoms with Gasteiger partial charge in [-0.3, -0.25) is 9.59 Å². The molecule has 1 aromatic carbocycles. The third-order valence-electron chi connectivity index (χ3n) is 5.83. The lowest BCUT2D eigenvalue weighted by Gasteiger charge is -2.35. The molecule has 0 aromatic heterocycles. The lowest BCUT2D eigenvalue weighted by atomic mass is 9.94. The molecule has 1 aliphatic rings. The first-order valence-electron chi connectivity index (χ1n) is 12.4. The van der Waals surface area contributed by atoms with Crippen molar-refractivity contribution in [3.8, 4) is 0 Å². The number of hydrogen-bond acceptors (Lipinski definition) is 5. The Bertz CT molecular complexity index is 787. The first-order chi connectivity index (χ1) is 16.2. The second kappa shape index (κ2) is 13.3. The summed E-state index contributed by atoms with van der Waals surface area (Å²) >= 11 is 0. The molecule has 1 fully saturated rings. The molecular formula is C26H41N3O5. The highest BCUT2D eigenvalue weighted by atomic mass is 16.6. The van der Waals surface area contributed by atoms with E-state index in [2.05, 4.69) is 10.6 Å². The van der Waals surface area contributed by atoms with Crippen LogP contribution in [0, 0.1) is 0 Å². The maximum atomic E-state index is 13.6. The Labute approximate surface area is 203 Å². The predicted molar refractivity (Wildman–Crippen MR) is 131 cm³/mol.